The molecule has 0 radical (unpaired) electrons. The normalized spacial score (nSPS) is 10.9. The minimum Gasteiger partial charge on any atom is -0.332 e. The number of anilines is 2. The average Bonchev–Trinajstić information content (AvgIpc) is 3.31. The van der Waals surface area contributed by atoms with Crippen molar-refractivity contribution in [3.05, 3.63) is 77.1 Å². The number of hydrogen-bond acceptors (Lipinski definition) is 6. The van der Waals surface area contributed by atoms with Crippen molar-refractivity contribution in [2.45, 2.75) is 24.8 Å². The highest BCUT2D eigenvalue weighted by Gasteiger charge is 2.10. The van der Waals surface area contributed by atoms with Crippen LogP contribution in [0.25, 0.3) is 5.69 Å². The minimum absolute atomic E-state index is 0.747. The molecule has 0 atom stereocenters. The maximum absolute atomic E-state index is 4.68. The average molecular weight is 394 g/mol. The van der Waals surface area contributed by atoms with Gasteiger partial charge in [0, 0.05) is 16.8 Å². The van der Waals surface area contributed by atoms with Gasteiger partial charge in [-0.05, 0) is 37.6 Å². The smallest absolute Gasteiger partial charge is 0.196 e. The van der Waals surface area contributed by atoms with Crippen LogP contribution >= 0.6 is 23.1 Å². The SMILES string of the molecule is Cc1ccc(Nc2nc(CSc3nncn3-c3ccccc3C)cs2)cc1. The van der Waals surface area contributed by atoms with Gasteiger partial charge in [-0.25, -0.2) is 4.98 Å². The fourth-order valence-corrected chi connectivity index (χ4v) is 4.30. The second-order valence-electron chi connectivity index (χ2n) is 6.19. The number of aromatic nitrogens is 4. The topological polar surface area (TPSA) is 55.6 Å². The van der Waals surface area contributed by atoms with E-state index in [0.717, 1.165) is 33.1 Å². The summed E-state index contributed by atoms with van der Waals surface area (Å²) in [5.74, 6) is 0.747. The number of para-hydroxylation sites is 1. The molecule has 4 aromatic rings. The summed E-state index contributed by atoms with van der Waals surface area (Å²) >= 11 is 3.25. The van der Waals surface area contributed by atoms with E-state index in [2.05, 4.69) is 76.1 Å². The fraction of sp³-hybridized carbons (Fsp3) is 0.150. The molecule has 2 aromatic heterocycles. The van der Waals surface area contributed by atoms with Crippen LogP contribution in [0.1, 0.15) is 16.8 Å². The highest BCUT2D eigenvalue weighted by molar-refractivity contribution is 7.98. The predicted octanol–water partition coefficient (Wildman–Crippen LogP) is 5.38. The summed E-state index contributed by atoms with van der Waals surface area (Å²) in [4.78, 5) is 4.68. The Kier molecular flexibility index (Phi) is 5.22. The number of nitrogens with zero attached hydrogens (tertiary/aromatic N) is 4. The maximum Gasteiger partial charge on any atom is 0.196 e. The third-order valence-corrected chi connectivity index (χ3v) is 5.88. The van der Waals surface area contributed by atoms with Crippen LogP contribution in [0.3, 0.4) is 0 Å². The first kappa shape index (κ1) is 17.8. The third kappa shape index (κ3) is 4.20. The first-order valence-electron chi connectivity index (χ1n) is 8.56. The Labute approximate surface area is 166 Å². The Morgan fingerprint density at radius 1 is 1.07 bits per heavy atom. The second-order valence-corrected chi connectivity index (χ2v) is 7.99. The van der Waals surface area contributed by atoms with Gasteiger partial charge < -0.3 is 5.32 Å². The van der Waals surface area contributed by atoms with Gasteiger partial charge in [0.15, 0.2) is 10.3 Å². The van der Waals surface area contributed by atoms with E-state index in [0.29, 0.717) is 0 Å². The molecule has 27 heavy (non-hydrogen) atoms. The van der Waals surface area contributed by atoms with Crippen molar-refractivity contribution in [1.82, 2.24) is 19.7 Å². The van der Waals surface area contributed by atoms with Crippen molar-refractivity contribution in [3.63, 3.8) is 0 Å². The Balaban J connectivity index is 1.43. The molecule has 0 bridgehead atoms. The molecule has 2 aromatic carbocycles. The van der Waals surface area contributed by atoms with Crippen LogP contribution in [0.4, 0.5) is 10.8 Å². The first-order chi connectivity index (χ1) is 13.2. The van der Waals surface area contributed by atoms with Crippen LogP contribution < -0.4 is 5.32 Å². The van der Waals surface area contributed by atoms with Crippen molar-refractivity contribution < 1.29 is 0 Å². The number of hydrogen-bond donors (Lipinski definition) is 1. The van der Waals surface area contributed by atoms with Gasteiger partial charge >= 0.3 is 0 Å². The van der Waals surface area contributed by atoms with E-state index in [1.807, 2.05) is 16.7 Å². The fourth-order valence-electron chi connectivity index (χ4n) is 2.65. The van der Waals surface area contributed by atoms with Crippen LogP contribution in [0.2, 0.25) is 0 Å². The summed E-state index contributed by atoms with van der Waals surface area (Å²) in [5.41, 5.74) is 5.62. The van der Waals surface area contributed by atoms with E-state index in [-0.39, 0.29) is 0 Å². The van der Waals surface area contributed by atoms with Crippen molar-refractivity contribution in [3.8, 4) is 5.69 Å². The van der Waals surface area contributed by atoms with Crippen LogP contribution in [0, 0.1) is 13.8 Å². The molecule has 4 rings (SSSR count). The Bertz CT molecular complexity index is 1040. The molecule has 136 valence electrons. The van der Waals surface area contributed by atoms with E-state index in [4.69, 9.17) is 0 Å². The number of aryl methyl sites for hydroxylation is 2. The van der Waals surface area contributed by atoms with Gasteiger partial charge in [-0.3, -0.25) is 4.57 Å². The molecule has 0 aliphatic heterocycles. The molecule has 2 heterocycles. The Hall–Kier alpha value is -2.64. The Morgan fingerprint density at radius 2 is 1.89 bits per heavy atom. The Morgan fingerprint density at radius 3 is 2.70 bits per heavy atom. The molecular formula is C20H19N5S2. The monoisotopic (exact) mass is 393 g/mol. The van der Waals surface area contributed by atoms with E-state index >= 15 is 0 Å². The molecule has 0 saturated heterocycles. The molecule has 7 heteroatoms. The summed E-state index contributed by atoms with van der Waals surface area (Å²) in [6.45, 7) is 4.17. The molecule has 0 aliphatic rings. The number of rotatable bonds is 6. The van der Waals surface area contributed by atoms with E-state index in [1.54, 1.807) is 29.4 Å². The van der Waals surface area contributed by atoms with Gasteiger partial charge in [0.25, 0.3) is 0 Å². The molecule has 5 nitrogen and oxygen atoms in total. The molecule has 0 aliphatic carbocycles. The van der Waals surface area contributed by atoms with Gasteiger partial charge in [-0.15, -0.1) is 21.5 Å². The minimum atomic E-state index is 0.747. The standard InChI is InChI=1S/C20H19N5S2/c1-14-7-9-16(10-8-14)22-19-23-17(11-26-19)12-27-20-24-21-13-25(20)18-6-4-3-5-15(18)2/h3-11,13H,12H2,1-2H3,(H,22,23). The maximum atomic E-state index is 4.68. The number of benzene rings is 2. The zero-order valence-electron chi connectivity index (χ0n) is 15.1. The lowest BCUT2D eigenvalue weighted by atomic mass is 10.2. The summed E-state index contributed by atoms with van der Waals surface area (Å²) < 4.78 is 2.03. The van der Waals surface area contributed by atoms with Crippen LogP contribution in [-0.4, -0.2) is 19.7 Å². The van der Waals surface area contributed by atoms with E-state index in [1.165, 1.54) is 11.1 Å². The number of nitrogens with one attached hydrogen (secondary N) is 1. The second kappa shape index (κ2) is 7.94. The lowest BCUT2D eigenvalue weighted by molar-refractivity contribution is 0.877. The van der Waals surface area contributed by atoms with Crippen LogP contribution in [0.15, 0.2) is 65.4 Å². The van der Waals surface area contributed by atoms with Crippen molar-refractivity contribution in [2.24, 2.45) is 0 Å². The van der Waals surface area contributed by atoms with Crippen molar-refractivity contribution in [2.75, 3.05) is 5.32 Å². The summed E-state index contributed by atoms with van der Waals surface area (Å²) in [6.07, 6.45) is 1.76. The third-order valence-electron chi connectivity index (χ3n) is 4.10. The zero-order chi connectivity index (χ0) is 18.6. The number of thioether (sulfide) groups is 1. The molecule has 0 spiro atoms. The molecule has 1 N–H and O–H groups in total. The molecule has 0 amide bonds. The molecule has 0 unspecified atom stereocenters. The highest BCUT2D eigenvalue weighted by Crippen LogP contribution is 2.27. The quantitative estimate of drug-likeness (QED) is 0.446. The molecular weight excluding hydrogens is 374 g/mol. The summed E-state index contributed by atoms with van der Waals surface area (Å²) in [7, 11) is 0. The van der Waals surface area contributed by atoms with Gasteiger partial charge in [0.1, 0.15) is 6.33 Å². The van der Waals surface area contributed by atoms with Crippen molar-refractivity contribution in [1.29, 1.82) is 0 Å². The van der Waals surface area contributed by atoms with E-state index < -0.39 is 0 Å². The molecule has 0 fully saturated rings. The zero-order valence-corrected chi connectivity index (χ0v) is 16.7. The predicted molar refractivity (Wildman–Crippen MR) is 112 cm³/mol. The van der Waals surface area contributed by atoms with Gasteiger partial charge in [0.05, 0.1) is 11.4 Å². The summed E-state index contributed by atoms with van der Waals surface area (Å²) in [6, 6.07) is 16.5. The van der Waals surface area contributed by atoms with Crippen molar-refractivity contribution >= 4 is 33.9 Å². The van der Waals surface area contributed by atoms with Gasteiger partial charge in [0.2, 0.25) is 0 Å². The first-order valence-corrected chi connectivity index (χ1v) is 10.4. The van der Waals surface area contributed by atoms with E-state index in [9.17, 15) is 0 Å². The lowest BCUT2D eigenvalue weighted by Crippen LogP contribution is -1.98. The van der Waals surface area contributed by atoms with Gasteiger partial charge in [-0.1, -0.05) is 47.7 Å². The summed E-state index contributed by atoms with van der Waals surface area (Å²) in [5, 5.41) is 15.5. The highest BCUT2D eigenvalue weighted by atomic mass is 32.2. The lowest BCUT2D eigenvalue weighted by Gasteiger charge is -2.08. The largest absolute Gasteiger partial charge is 0.332 e. The van der Waals surface area contributed by atoms with Crippen LogP contribution in [-0.2, 0) is 5.75 Å². The van der Waals surface area contributed by atoms with Gasteiger partial charge in [-0.2, -0.15) is 0 Å². The number of thiazole rings is 1. The van der Waals surface area contributed by atoms with Crippen LogP contribution in [0.5, 0.6) is 0 Å². The molecule has 0 saturated carbocycles.